The summed E-state index contributed by atoms with van der Waals surface area (Å²) >= 11 is 0. The Morgan fingerprint density at radius 1 is 1.03 bits per heavy atom. The van der Waals surface area contributed by atoms with Crippen molar-refractivity contribution in [2.45, 2.75) is 59.0 Å². The van der Waals surface area contributed by atoms with Gasteiger partial charge in [-0.1, -0.05) is 63.4 Å². The summed E-state index contributed by atoms with van der Waals surface area (Å²) in [6.07, 6.45) is 9.01. The summed E-state index contributed by atoms with van der Waals surface area (Å²) in [6, 6.07) is 12.2. The molecule has 32 heavy (non-hydrogen) atoms. The first-order chi connectivity index (χ1) is 15.7. The smallest absolute Gasteiger partial charge is 0.299 e. The molecule has 0 unspecified atom stereocenters. The van der Waals surface area contributed by atoms with Crippen molar-refractivity contribution >= 4 is 0 Å². The second-order valence-corrected chi connectivity index (χ2v) is 7.99. The van der Waals surface area contributed by atoms with Gasteiger partial charge in [-0.05, 0) is 40.5 Å². The topological polar surface area (TPSA) is 94.3 Å². The molecule has 3 heterocycles. The largest absolute Gasteiger partial charge is 0.328 e. The highest BCUT2D eigenvalue weighted by atomic mass is 16.1. The zero-order valence-electron chi connectivity index (χ0n) is 18.7. The lowest BCUT2D eigenvalue weighted by atomic mass is 10.0. The van der Waals surface area contributed by atoms with E-state index in [0.717, 1.165) is 61.0 Å². The molecule has 1 N–H and O–H groups in total. The van der Waals surface area contributed by atoms with Gasteiger partial charge >= 0.3 is 5.69 Å². The van der Waals surface area contributed by atoms with Gasteiger partial charge in [-0.25, -0.2) is 9.89 Å². The summed E-state index contributed by atoms with van der Waals surface area (Å²) in [6.45, 7) is 5.68. The first-order valence-electron chi connectivity index (χ1n) is 11.3. The summed E-state index contributed by atoms with van der Waals surface area (Å²) in [7, 11) is 0. The standard InChI is InChI=1S/C24H29N7O/c1-3-5-6-15-30-17-20(8-4-2)31(24(30)32)16-18-10-12-19(13-11-18)21-9-7-14-25-22(21)23-26-28-29-27-23/h7,9-14,17H,3-6,8,15-16H2,1-2H3,(H,26,27,28,29). The maximum atomic E-state index is 13.0. The van der Waals surface area contributed by atoms with Crippen molar-refractivity contribution < 1.29 is 0 Å². The van der Waals surface area contributed by atoms with Crippen LogP contribution in [0.15, 0.2) is 53.6 Å². The predicted molar refractivity (Wildman–Crippen MR) is 124 cm³/mol. The molecular weight excluding hydrogens is 402 g/mol. The Labute approximate surface area is 187 Å². The molecule has 0 atom stereocenters. The van der Waals surface area contributed by atoms with Crippen molar-refractivity contribution in [2.24, 2.45) is 0 Å². The summed E-state index contributed by atoms with van der Waals surface area (Å²) in [5, 5.41) is 14.1. The number of tetrazole rings is 1. The molecular formula is C24H29N7O. The summed E-state index contributed by atoms with van der Waals surface area (Å²) in [5.74, 6) is 0.532. The normalized spacial score (nSPS) is 11.2. The van der Waals surface area contributed by atoms with Crippen LogP contribution in [-0.4, -0.2) is 34.7 Å². The minimum atomic E-state index is 0.0843. The van der Waals surface area contributed by atoms with E-state index >= 15 is 0 Å². The molecule has 4 aromatic rings. The fraction of sp³-hybridized carbons (Fsp3) is 0.375. The lowest BCUT2D eigenvalue weighted by molar-refractivity contribution is 0.573. The number of aryl methyl sites for hydroxylation is 2. The van der Waals surface area contributed by atoms with Gasteiger partial charge in [-0.15, -0.1) is 5.10 Å². The maximum Gasteiger partial charge on any atom is 0.328 e. The molecule has 3 aromatic heterocycles. The van der Waals surface area contributed by atoms with Crippen molar-refractivity contribution in [1.82, 2.24) is 34.7 Å². The average Bonchev–Trinajstić information content (AvgIpc) is 3.45. The number of hydrogen-bond donors (Lipinski definition) is 1. The van der Waals surface area contributed by atoms with E-state index < -0.39 is 0 Å². The van der Waals surface area contributed by atoms with Crippen molar-refractivity contribution in [1.29, 1.82) is 0 Å². The Bertz CT molecular complexity index is 1190. The molecule has 0 amide bonds. The second kappa shape index (κ2) is 10.2. The lowest BCUT2D eigenvalue weighted by Crippen LogP contribution is -2.25. The number of aromatic amines is 1. The Morgan fingerprint density at radius 3 is 2.59 bits per heavy atom. The number of H-pyrrole nitrogens is 1. The third kappa shape index (κ3) is 4.69. The van der Waals surface area contributed by atoms with Crippen LogP contribution in [0.2, 0.25) is 0 Å². The van der Waals surface area contributed by atoms with Crippen molar-refractivity contribution in [3.8, 4) is 22.6 Å². The highest BCUT2D eigenvalue weighted by Crippen LogP contribution is 2.28. The molecule has 8 nitrogen and oxygen atoms in total. The van der Waals surface area contributed by atoms with Crippen LogP contribution in [0.1, 0.15) is 50.8 Å². The zero-order valence-corrected chi connectivity index (χ0v) is 18.7. The molecule has 166 valence electrons. The van der Waals surface area contributed by atoms with E-state index in [4.69, 9.17) is 0 Å². The quantitative estimate of drug-likeness (QED) is 0.382. The molecule has 4 rings (SSSR count). The van der Waals surface area contributed by atoms with Crippen molar-refractivity contribution in [3.63, 3.8) is 0 Å². The third-order valence-electron chi connectivity index (χ3n) is 5.62. The highest BCUT2D eigenvalue weighted by Gasteiger charge is 2.13. The van der Waals surface area contributed by atoms with E-state index in [0.29, 0.717) is 18.1 Å². The monoisotopic (exact) mass is 431 g/mol. The predicted octanol–water partition coefficient (Wildman–Crippen LogP) is 4.08. The van der Waals surface area contributed by atoms with Gasteiger partial charge in [0.25, 0.3) is 0 Å². The Morgan fingerprint density at radius 2 is 1.88 bits per heavy atom. The Balaban J connectivity index is 1.58. The molecule has 1 aromatic carbocycles. The van der Waals surface area contributed by atoms with Crippen LogP contribution in [0.5, 0.6) is 0 Å². The van der Waals surface area contributed by atoms with Crippen LogP contribution < -0.4 is 5.69 Å². The number of benzene rings is 1. The Kier molecular flexibility index (Phi) is 6.89. The van der Waals surface area contributed by atoms with Gasteiger partial charge in [-0.3, -0.25) is 14.1 Å². The van der Waals surface area contributed by atoms with Gasteiger partial charge in [0.05, 0.1) is 6.54 Å². The van der Waals surface area contributed by atoms with Gasteiger partial charge in [0.2, 0.25) is 0 Å². The van der Waals surface area contributed by atoms with E-state index in [2.05, 4.69) is 63.7 Å². The van der Waals surface area contributed by atoms with Crippen LogP contribution in [0, 0.1) is 0 Å². The molecule has 0 radical (unpaired) electrons. The number of nitrogens with one attached hydrogen (secondary N) is 1. The Hall–Kier alpha value is -3.55. The van der Waals surface area contributed by atoms with Crippen LogP contribution in [-0.2, 0) is 19.5 Å². The molecule has 0 saturated heterocycles. The molecule has 0 aliphatic heterocycles. The van der Waals surface area contributed by atoms with Crippen LogP contribution >= 0.6 is 0 Å². The van der Waals surface area contributed by atoms with Crippen LogP contribution in [0.25, 0.3) is 22.6 Å². The van der Waals surface area contributed by atoms with E-state index in [-0.39, 0.29) is 5.69 Å². The summed E-state index contributed by atoms with van der Waals surface area (Å²) < 4.78 is 3.79. The van der Waals surface area contributed by atoms with Gasteiger partial charge in [0, 0.05) is 30.2 Å². The highest BCUT2D eigenvalue weighted by molar-refractivity contribution is 5.77. The number of unbranched alkanes of at least 4 members (excludes halogenated alkanes) is 2. The SMILES string of the molecule is CCCCCn1cc(CCC)n(Cc2ccc(-c3cccnc3-c3nnn[nH]3)cc2)c1=O. The van der Waals surface area contributed by atoms with E-state index in [1.807, 2.05) is 27.5 Å². The fourth-order valence-electron chi connectivity index (χ4n) is 3.96. The molecule has 8 heteroatoms. The molecule has 0 aliphatic carbocycles. The van der Waals surface area contributed by atoms with Gasteiger partial charge in [0.1, 0.15) is 5.69 Å². The molecule has 0 aliphatic rings. The van der Waals surface area contributed by atoms with Gasteiger partial charge < -0.3 is 0 Å². The first-order valence-corrected chi connectivity index (χ1v) is 11.3. The molecule has 0 saturated carbocycles. The number of nitrogens with zero attached hydrogens (tertiary/aromatic N) is 6. The first kappa shape index (κ1) is 21.7. The van der Waals surface area contributed by atoms with Gasteiger partial charge in [-0.2, -0.15) is 0 Å². The summed E-state index contributed by atoms with van der Waals surface area (Å²) in [4.78, 5) is 17.5. The molecule has 0 bridgehead atoms. The molecule has 0 fully saturated rings. The lowest BCUT2D eigenvalue weighted by Gasteiger charge is -2.09. The molecule has 0 spiro atoms. The van der Waals surface area contributed by atoms with Crippen molar-refractivity contribution in [2.75, 3.05) is 0 Å². The minimum absolute atomic E-state index is 0.0843. The van der Waals surface area contributed by atoms with E-state index in [1.54, 1.807) is 6.20 Å². The van der Waals surface area contributed by atoms with Crippen LogP contribution in [0.3, 0.4) is 0 Å². The number of rotatable bonds is 10. The average molecular weight is 432 g/mol. The zero-order chi connectivity index (χ0) is 22.3. The second-order valence-electron chi connectivity index (χ2n) is 7.99. The number of hydrogen-bond acceptors (Lipinski definition) is 5. The fourth-order valence-corrected chi connectivity index (χ4v) is 3.96. The van der Waals surface area contributed by atoms with Gasteiger partial charge in [0.15, 0.2) is 5.82 Å². The maximum absolute atomic E-state index is 13.0. The summed E-state index contributed by atoms with van der Waals surface area (Å²) in [5.41, 5.74) is 4.95. The third-order valence-corrected chi connectivity index (χ3v) is 5.62. The van der Waals surface area contributed by atoms with E-state index in [1.165, 1.54) is 0 Å². The van der Waals surface area contributed by atoms with Crippen molar-refractivity contribution in [3.05, 3.63) is 70.5 Å². The number of pyridine rings is 1. The number of aromatic nitrogens is 7. The number of imidazole rings is 1. The minimum Gasteiger partial charge on any atom is -0.299 e. The van der Waals surface area contributed by atoms with Crippen LogP contribution in [0.4, 0.5) is 0 Å². The van der Waals surface area contributed by atoms with E-state index in [9.17, 15) is 4.79 Å².